The van der Waals surface area contributed by atoms with E-state index in [2.05, 4.69) is 44.0 Å². The minimum absolute atomic E-state index is 0.439. The molecule has 1 aromatic carbocycles. The van der Waals surface area contributed by atoms with E-state index < -0.39 is 0 Å². The average molecular weight is 270 g/mol. The molecule has 3 nitrogen and oxygen atoms in total. The molecule has 0 saturated carbocycles. The van der Waals surface area contributed by atoms with Crippen LogP contribution in [0, 0.1) is 6.92 Å². The predicted octanol–water partition coefficient (Wildman–Crippen LogP) is 3.55. The van der Waals surface area contributed by atoms with Gasteiger partial charge in [0.1, 0.15) is 12.4 Å². The molecule has 0 radical (unpaired) electrons. The standard InChI is InChI=1S/C17H22N2O/c1-12(2)16-8-7-13(3)9-17(16)20-11-15-6-4-5-14(10-18)19-15/h4-9,12H,10-11,18H2,1-3H3. The van der Waals surface area contributed by atoms with Crippen molar-refractivity contribution in [2.75, 3.05) is 0 Å². The van der Waals surface area contributed by atoms with Crippen molar-refractivity contribution in [1.82, 2.24) is 4.98 Å². The Labute approximate surface area is 120 Å². The third-order valence-electron chi connectivity index (χ3n) is 3.24. The van der Waals surface area contributed by atoms with Crippen LogP contribution in [0.25, 0.3) is 0 Å². The van der Waals surface area contributed by atoms with Gasteiger partial charge in [0.05, 0.1) is 11.4 Å². The number of benzene rings is 1. The van der Waals surface area contributed by atoms with Gasteiger partial charge in [0, 0.05) is 6.54 Å². The maximum Gasteiger partial charge on any atom is 0.130 e. The molecule has 0 bridgehead atoms. The molecule has 2 rings (SSSR count). The summed E-state index contributed by atoms with van der Waals surface area (Å²) in [5.74, 6) is 1.38. The summed E-state index contributed by atoms with van der Waals surface area (Å²) in [5.41, 5.74) is 9.83. The topological polar surface area (TPSA) is 48.1 Å². The third kappa shape index (κ3) is 3.58. The lowest BCUT2D eigenvalue weighted by Crippen LogP contribution is -2.05. The maximum atomic E-state index is 5.96. The number of rotatable bonds is 5. The van der Waals surface area contributed by atoms with Crippen molar-refractivity contribution in [2.45, 2.75) is 39.8 Å². The first-order valence-electron chi connectivity index (χ1n) is 6.98. The molecule has 2 N–H and O–H groups in total. The summed E-state index contributed by atoms with van der Waals surface area (Å²) in [6, 6.07) is 12.2. The lowest BCUT2D eigenvalue weighted by molar-refractivity contribution is 0.296. The minimum atomic E-state index is 0.439. The fraction of sp³-hybridized carbons (Fsp3) is 0.353. The van der Waals surface area contributed by atoms with Crippen LogP contribution >= 0.6 is 0 Å². The van der Waals surface area contributed by atoms with Gasteiger partial charge in [-0.05, 0) is 42.2 Å². The van der Waals surface area contributed by atoms with E-state index in [1.165, 1.54) is 11.1 Å². The van der Waals surface area contributed by atoms with Gasteiger partial charge < -0.3 is 10.5 Å². The second-order valence-electron chi connectivity index (χ2n) is 5.31. The summed E-state index contributed by atoms with van der Waals surface area (Å²) in [6.07, 6.45) is 0. The molecule has 3 heteroatoms. The smallest absolute Gasteiger partial charge is 0.130 e. The van der Waals surface area contributed by atoms with Crippen LogP contribution in [0.1, 0.15) is 42.3 Å². The molecule has 0 aliphatic rings. The SMILES string of the molecule is Cc1ccc(C(C)C)c(OCc2cccc(CN)n2)c1. The van der Waals surface area contributed by atoms with Crippen LogP contribution in [0.4, 0.5) is 0 Å². The van der Waals surface area contributed by atoms with Crippen molar-refractivity contribution in [3.63, 3.8) is 0 Å². The molecule has 0 aliphatic carbocycles. The second kappa shape index (κ2) is 6.53. The minimum Gasteiger partial charge on any atom is -0.487 e. The Morgan fingerprint density at radius 1 is 1.15 bits per heavy atom. The molecular formula is C17H22N2O. The Balaban J connectivity index is 2.15. The van der Waals surface area contributed by atoms with E-state index in [1.54, 1.807) is 0 Å². The highest BCUT2D eigenvalue weighted by atomic mass is 16.5. The van der Waals surface area contributed by atoms with Crippen LogP contribution in [0.5, 0.6) is 5.75 Å². The van der Waals surface area contributed by atoms with Crippen molar-refractivity contribution in [1.29, 1.82) is 0 Å². The van der Waals surface area contributed by atoms with Crippen LogP contribution < -0.4 is 10.5 Å². The zero-order valence-corrected chi connectivity index (χ0v) is 12.4. The van der Waals surface area contributed by atoms with E-state index >= 15 is 0 Å². The highest BCUT2D eigenvalue weighted by Gasteiger charge is 2.08. The molecule has 1 aromatic heterocycles. The van der Waals surface area contributed by atoms with Crippen molar-refractivity contribution >= 4 is 0 Å². The quantitative estimate of drug-likeness (QED) is 0.903. The van der Waals surface area contributed by atoms with E-state index in [0.29, 0.717) is 19.1 Å². The van der Waals surface area contributed by atoms with Gasteiger partial charge in [0.15, 0.2) is 0 Å². The molecule has 2 aromatic rings. The first-order valence-corrected chi connectivity index (χ1v) is 6.98. The Bertz CT molecular complexity index is 579. The molecule has 1 heterocycles. The number of nitrogens with zero attached hydrogens (tertiary/aromatic N) is 1. The highest BCUT2D eigenvalue weighted by Crippen LogP contribution is 2.28. The molecule has 0 amide bonds. The van der Waals surface area contributed by atoms with E-state index in [-0.39, 0.29) is 0 Å². The molecule has 20 heavy (non-hydrogen) atoms. The lowest BCUT2D eigenvalue weighted by Gasteiger charge is -2.15. The zero-order valence-electron chi connectivity index (χ0n) is 12.4. The molecule has 0 fully saturated rings. The van der Waals surface area contributed by atoms with Gasteiger partial charge in [0.2, 0.25) is 0 Å². The van der Waals surface area contributed by atoms with Crippen LogP contribution in [0.15, 0.2) is 36.4 Å². The maximum absolute atomic E-state index is 5.96. The summed E-state index contributed by atoms with van der Waals surface area (Å²) in [4.78, 5) is 4.45. The van der Waals surface area contributed by atoms with Gasteiger partial charge in [-0.2, -0.15) is 0 Å². The van der Waals surface area contributed by atoms with Gasteiger partial charge in [-0.25, -0.2) is 0 Å². The van der Waals surface area contributed by atoms with Crippen molar-refractivity contribution < 1.29 is 4.74 Å². The summed E-state index contributed by atoms with van der Waals surface area (Å²) < 4.78 is 5.96. The van der Waals surface area contributed by atoms with Crippen LogP contribution in [0.3, 0.4) is 0 Å². The van der Waals surface area contributed by atoms with Crippen molar-refractivity contribution in [3.8, 4) is 5.75 Å². The zero-order chi connectivity index (χ0) is 14.5. The number of ether oxygens (including phenoxy) is 1. The number of aryl methyl sites for hydroxylation is 1. The number of aromatic nitrogens is 1. The fourth-order valence-electron chi connectivity index (χ4n) is 2.12. The number of hydrogen-bond acceptors (Lipinski definition) is 3. The van der Waals surface area contributed by atoms with E-state index in [1.807, 2.05) is 18.2 Å². The number of pyridine rings is 1. The van der Waals surface area contributed by atoms with E-state index in [4.69, 9.17) is 10.5 Å². The Kier molecular flexibility index (Phi) is 4.74. The Morgan fingerprint density at radius 2 is 1.90 bits per heavy atom. The van der Waals surface area contributed by atoms with Gasteiger partial charge in [-0.3, -0.25) is 4.98 Å². The normalized spacial score (nSPS) is 10.8. The molecule has 0 spiro atoms. The summed E-state index contributed by atoms with van der Waals surface area (Å²) in [6.45, 7) is 7.34. The molecule has 0 atom stereocenters. The Hall–Kier alpha value is -1.87. The largest absolute Gasteiger partial charge is 0.487 e. The van der Waals surface area contributed by atoms with E-state index in [0.717, 1.165) is 17.1 Å². The number of nitrogens with two attached hydrogens (primary N) is 1. The predicted molar refractivity (Wildman–Crippen MR) is 81.7 cm³/mol. The van der Waals surface area contributed by atoms with Gasteiger partial charge in [-0.15, -0.1) is 0 Å². The summed E-state index contributed by atoms with van der Waals surface area (Å²) in [7, 11) is 0. The molecule has 0 aliphatic heterocycles. The van der Waals surface area contributed by atoms with Crippen LogP contribution in [-0.4, -0.2) is 4.98 Å². The van der Waals surface area contributed by atoms with Crippen LogP contribution in [0.2, 0.25) is 0 Å². The van der Waals surface area contributed by atoms with Gasteiger partial charge >= 0.3 is 0 Å². The van der Waals surface area contributed by atoms with E-state index in [9.17, 15) is 0 Å². The van der Waals surface area contributed by atoms with Crippen molar-refractivity contribution in [2.24, 2.45) is 5.73 Å². The summed E-state index contributed by atoms with van der Waals surface area (Å²) in [5, 5.41) is 0. The molecule has 0 saturated heterocycles. The first-order chi connectivity index (χ1) is 9.60. The lowest BCUT2D eigenvalue weighted by atomic mass is 10.0. The van der Waals surface area contributed by atoms with Gasteiger partial charge in [0.25, 0.3) is 0 Å². The van der Waals surface area contributed by atoms with Gasteiger partial charge in [-0.1, -0.05) is 32.0 Å². The van der Waals surface area contributed by atoms with Crippen molar-refractivity contribution in [3.05, 3.63) is 58.9 Å². The fourth-order valence-corrected chi connectivity index (χ4v) is 2.12. The number of hydrogen-bond donors (Lipinski definition) is 1. The average Bonchev–Trinajstić information content (AvgIpc) is 2.45. The summed E-state index contributed by atoms with van der Waals surface area (Å²) >= 11 is 0. The second-order valence-corrected chi connectivity index (χ2v) is 5.31. The molecule has 106 valence electrons. The Morgan fingerprint density at radius 3 is 2.60 bits per heavy atom. The monoisotopic (exact) mass is 270 g/mol. The third-order valence-corrected chi connectivity index (χ3v) is 3.24. The van der Waals surface area contributed by atoms with Crippen LogP contribution in [-0.2, 0) is 13.2 Å². The first kappa shape index (κ1) is 14.5. The highest BCUT2D eigenvalue weighted by molar-refractivity contribution is 5.39. The molecule has 0 unspecified atom stereocenters. The molecular weight excluding hydrogens is 248 g/mol.